The minimum Gasteiger partial charge on any atom is -0.490 e. The van der Waals surface area contributed by atoms with E-state index in [0.29, 0.717) is 57.4 Å². The monoisotopic (exact) mass is 498 g/mol. The van der Waals surface area contributed by atoms with Gasteiger partial charge >= 0.3 is 0 Å². The molecule has 0 radical (unpaired) electrons. The highest BCUT2D eigenvalue weighted by Crippen LogP contribution is 2.33. The van der Waals surface area contributed by atoms with Gasteiger partial charge in [0.2, 0.25) is 10.0 Å². The second-order valence-corrected chi connectivity index (χ2v) is 10.7. The predicted molar refractivity (Wildman–Crippen MR) is 133 cm³/mol. The molecule has 0 saturated carbocycles. The molecule has 5 rings (SSSR count). The Labute approximate surface area is 205 Å². The molecule has 8 nitrogen and oxygen atoms in total. The van der Waals surface area contributed by atoms with Gasteiger partial charge in [0.15, 0.2) is 11.5 Å². The Hall–Kier alpha value is -2.85. The number of sulfonamides is 1. The molecule has 0 aromatic heterocycles. The van der Waals surface area contributed by atoms with E-state index in [1.165, 1.54) is 4.31 Å². The van der Waals surface area contributed by atoms with Gasteiger partial charge in [-0.2, -0.15) is 4.31 Å². The van der Waals surface area contributed by atoms with E-state index in [1.807, 2.05) is 42.5 Å². The van der Waals surface area contributed by atoms with Crippen molar-refractivity contribution < 1.29 is 27.7 Å². The molecule has 186 valence electrons. The molecule has 9 heteroatoms. The number of aliphatic hydroxyl groups excluding tert-OH is 1. The van der Waals surface area contributed by atoms with Crippen molar-refractivity contribution in [2.45, 2.75) is 17.4 Å². The standard InChI is InChI=1S/C26H30N2O6S/c29-21(19-34-24-8-3-6-20-5-1-2-7-23(20)24)18-27-11-13-28(14-12-27)35(30,31)22-9-10-25-26(17-22)33-16-4-15-32-25/h1-3,5-10,17,21,29H,4,11-16,18-19H2. The average molecular weight is 499 g/mol. The molecule has 1 saturated heterocycles. The van der Waals surface area contributed by atoms with Crippen LogP contribution in [0.2, 0.25) is 0 Å². The number of hydrogen-bond donors (Lipinski definition) is 1. The number of rotatable bonds is 7. The van der Waals surface area contributed by atoms with Crippen LogP contribution >= 0.6 is 0 Å². The Morgan fingerprint density at radius 1 is 0.914 bits per heavy atom. The number of ether oxygens (including phenoxy) is 3. The largest absolute Gasteiger partial charge is 0.490 e. The van der Waals surface area contributed by atoms with Crippen LogP contribution in [0.15, 0.2) is 65.6 Å². The lowest BCUT2D eigenvalue weighted by molar-refractivity contribution is 0.0573. The highest BCUT2D eigenvalue weighted by molar-refractivity contribution is 7.89. The van der Waals surface area contributed by atoms with Crippen LogP contribution in [0.1, 0.15) is 6.42 Å². The first-order chi connectivity index (χ1) is 17.0. The number of benzene rings is 3. The summed E-state index contributed by atoms with van der Waals surface area (Å²) in [5, 5.41) is 12.6. The van der Waals surface area contributed by atoms with Crippen molar-refractivity contribution in [1.82, 2.24) is 9.21 Å². The Bertz CT molecular complexity index is 1270. The van der Waals surface area contributed by atoms with Crippen LogP contribution in [0.25, 0.3) is 10.8 Å². The molecule has 1 N–H and O–H groups in total. The molecule has 2 heterocycles. The summed E-state index contributed by atoms with van der Waals surface area (Å²) >= 11 is 0. The molecule has 0 aliphatic carbocycles. The van der Waals surface area contributed by atoms with Gasteiger partial charge in [0, 0.05) is 50.6 Å². The predicted octanol–water partition coefficient (Wildman–Crippen LogP) is 2.75. The molecule has 35 heavy (non-hydrogen) atoms. The van der Waals surface area contributed by atoms with Crippen molar-refractivity contribution in [2.24, 2.45) is 0 Å². The molecule has 2 aliphatic heterocycles. The smallest absolute Gasteiger partial charge is 0.243 e. The van der Waals surface area contributed by atoms with E-state index in [-0.39, 0.29) is 11.5 Å². The molecule has 1 unspecified atom stereocenters. The zero-order valence-electron chi connectivity index (χ0n) is 19.5. The van der Waals surface area contributed by atoms with Gasteiger partial charge in [-0.3, -0.25) is 4.90 Å². The van der Waals surface area contributed by atoms with Gasteiger partial charge in [0.25, 0.3) is 0 Å². The summed E-state index contributed by atoms with van der Waals surface area (Å²) in [6.45, 7) is 3.43. The summed E-state index contributed by atoms with van der Waals surface area (Å²) in [5.41, 5.74) is 0. The number of aliphatic hydroxyl groups is 1. The minimum absolute atomic E-state index is 0.170. The topological polar surface area (TPSA) is 88.5 Å². The Morgan fingerprint density at radius 3 is 2.49 bits per heavy atom. The van der Waals surface area contributed by atoms with Crippen molar-refractivity contribution in [3.8, 4) is 17.2 Å². The molecule has 3 aromatic carbocycles. The number of hydrogen-bond acceptors (Lipinski definition) is 7. The van der Waals surface area contributed by atoms with Crippen LogP contribution < -0.4 is 14.2 Å². The zero-order chi connectivity index (χ0) is 24.3. The maximum absolute atomic E-state index is 13.2. The van der Waals surface area contributed by atoms with E-state index < -0.39 is 16.1 Å². The third-order valence-electron chi connectivity index (χ3n) is 6.34. The van der Waals surface area contributed by atoms with Crippen LogP contribution in [0.5, 0.6) is 17.2 Å². The Morgan fingerprint density at radius 2 is 1.66 bits per heavy atom. The summed E-state index contributed by atoms with van der Waals surface area (Å²) in [7, 11) is -3.64. The van der Waals surface area contributed by atoms with Crippen molar-refractivity contribution in [2.75, 3.05) is 52.5 Å². The molecular formula is C26H30N2O6S. The van der Waals surface area contributed by atoms with Crippen LogP contribution in [-0.2, 0) is 10.0 Å². The number of nitrogens with zero attached hydrogens (tertiary/aromatic N) is 2. The van der Waals surface area contributed by atoms with Crippen LogP contribution in [0, 0.1) is 0 Å². The average Bonchev–Trinajstić information content (AvgIpc) is 3.13. The van der Waals surface area contributed by atoms with Gasteiger partial charge in [-0.1, -0.05) is 36.4 Å². The summed E-state index contributed by atoms with van der Waals surface area (Å²) in [6.07, 6.45) is 0.0798. The second kappa shape index (κ2) is 10.4. The molecular weight excluding hydrogens is 468 g/mol. The van der Waals surface area contributed by atoms with Crippen molar-refractivity contribution in [1.29, 1.82) is 0 Å². The van der Waals surface area contributed by atoms with Crippen LogP contribution in [-0.4, -0.2) is 81.4 Å². The first-order valence-electron chi connectivity index (χ1n) is 11.9. The lowest BCUT2D eigenvalue weighted by Gasteiger charge is -2.34. The van der Waals surface area contributed by atoms with Gasteiger partial charge in [-0.05, 0) is 23.6 Å². The minimum atomic E-state index is -3.64. The van der Waals surface area contributed by atoms with Gasteiger partial charge in [0.05, 0.1) is 18.1 Å². The fraction of sp³-hybridized carbons (Fsp3) is 0.385. The lowest BCUT2D eigenvalue weighted by atomic mass is 10.1. The summed E-state index contributed by atoms with van der Waals surface area (Å²) < 4.78 is 45.0. The molecule has 1 atom stereocenters. The summed E-state index contributed by atoms with van der Waals surface area (Å²) in [5.74, 6) is 1.79. The lowest BCUT2D eigenvalue weighted by Crippen LogP contribution is -2.50. The molecule has 0 bridgehead atoms. The van der Waals surface area contributed by atoms with Gasteiger partial charge in [0.1, 0.15) is 18.5 Å². The Kier molecular flexibility index (Phi) is 7.10. The van der Waals surface area contributed by atoms with Gasteiger partial charge < -0.3 is 19.3 Å². The van der Waals surface area contributed by atoms with E-state index in [2.05, 4.69) is 4.90 Å². The number of β-amino-alcohol motifs (C(OH)–C–C–N with tert-alkyl or cyclic N) is 1. The maximum atomic E-state index is 13.2. The van der Waals surface area contributed by atoms with Crippen molar-refractivity contribution in [3.63, 3.8) is 0 Å². The highest BCUT2D eigenvalue weighted by Gasteiger charge is 2.30. The number of piperazine rings is 1. The molecule has 2 aliphatic rings. The summed E-state index contributed by atoms with van der Waals surface area (Å²) in [4.78, 5) is 2.27. The van der Waals surface area contributed by atoms with Crippen molar-refractivity contribution in [3.05, 3.63) is 60.7 Å². The maximum Gasteiger partial charge on any atom is 0.243 e. The third kappa shape index (κ3) is 5.38. The SMILES string of the molecule is O=S(=O)(c1ccc2c(c1)OCCCO2)N1CCN(CC(O)COc2cccc3ccccc23)CC1. The van der Waals surface area contributed by atoms with Gasteiger partial charge in [-0.15, -0.1) is 0 Å². The van der Waals surface area contributed by atoms with Crippen LogP contribution in [0.3, 0.4) is 0 Å². The quantitative estimate of drug-likeness (QED) is 0.536. The van der Waals surface area contributed by atoms with Crippen molar-refractivity contribution >= 4 is 20.8 Å². The second-order valence-electron chi connectivity index (χ2n) is 8.81. The molecule has 1 fully saturated rings. The fourth-order valence-electron chi connectivity index (χ4n) is 4.46. The van der Waals surface area contributed by atoms with Crippen LogP contribution in [0.4, 0.5) is 0 Å². The van der Waals surface area contributed by atoms with Gasteiger partial charge in [-0.25, -0.2) is 8.42 Å². The Balaban J connectivity index is 1.15. The highest BCUT2D eigenvalue weighted by atomic mass is 32.2. The van der Waals surface area contributed by atoms with E-state index in [4.69, 9.17) is 14.2 Å². The molecule has 0 spiro atoms. The van der Waals surface area contributed by atoms with E-state index >= 15 is 0 Å². The van der Waals surface area contributed by atoms with E-state index in [0.717, 1.165) is 22.9 Å². The number of fused-ring (bicyclic) bond motifs is 2. The van der Waals surface area contributed by atoms with E-state index in [9.17, 15) is 13.5 Å². The zero-order valence-corrected chi connectivity index (χ0v) is 20.3. The molecule has 3 aromatic rings. The first kappa shape index (κ1) is 23.9. The third-order valence-corrected chi connectivity index (χ3v) is 8.23. The van der Waals surface area contributed by atoms with E-state index in [1.54, 1.807) is 18.2 Å². The fourth-order valence-corrected chi connectivity index (χ4v) is 5.90. The summed E-state index contributed by atoms with van der Waals surface area (Å²) in [6, 6.07) is 18.6. The molecule has 0 amide bonds. The normalized spacial score (nSPS) is 18.2. The first-order valence-corrected chi connectivity index (χ1v) is 13.4.